The molecule has 20 heavy (non-hydrogen) atoms. The molecular weight excluding hydrogens is 270 g/mol. The summed E-state index contributed by atoms with van der Waals surface area (Å²) >= 11 is 1.25. The van der Waals surface area contributed by atoms with Gasteiger partial charge in [0.2, 0.25) is 0 Å². The molecule has 0 aromatic heterocycles. The average molecular weight is 285 g/mol. The van der Waals surface area contributed by atoms with Crippen LogP contribution >= 0.6 is 11.8 Å². The Kier molecular flexibility index (Phi) is 5.81. The molecule has 0 radical (unpaired) electrons. The number of nitriles is 1. The Morgan fingerprint density at radius 3 is 2.50 bits per heavy atom. The molecule has 0 saturated carbocycles. The van der Waals surface area contributed by atoms with Gasteiger partial charge in [-0.2, -0.15) is 5.26 Å². The molecule has 0 aliphatic heterocycles. The number of rotatable bonds is 7. The van der Waals surface area contributed by atoms with E-state index in [9.17, 15) is 0 Å². The van der Waals surface area contributed by atoms with E-state index in [-0.39, 0.29) is 0 Å². The number of thiocyanates is 1. The minimum Gasteiger partial charge on any atom is -0.493 e. The molecule has 0 unspecified atom stereocenters. The van der Waals surface area contributed by atoms with Crippen LogP contribution in [0.25, 0.3) is 0 Å². The highest BCUT2D eigenvalue weighted by atomic mass is 32.2. The van der Waals surface area contributed by atoms with Gasteiger partial charge in [-0.1, -0.05) is 24.3 Å². The van der Waals surface area contributed by atoms with Crippen molar-refractivity contribution in [3.8, 4) is 22.6 Å². The maximum absolute atomic E-state index is 8.41. The highest BCUT2D eigenvalue weighted by molar-refractivity contribution is 8.03. The summed E-state index contributed by atoms with van der Waals surface area (Å²) in [5.41, 5.74) is 0. The van der Waals surface area contributed by atoms with Crippen molar-refractivity contribution in [2.24, 2.45) is 0 Å². The van der Waals surface area contributed by atoms with Crippen LogP contribution in [-0.4, -0.2) is 12.4 Å². The second kappa shape index (κ2) is 8.13. The van der Waals surface area contributed by atoms with Crippen molar-refractivity contribution < 1.29 is 9.47 Å². The van der Waals surface area contributed by atoms with E-state index in [1.165, 1.54) is 11.8 Å². The predicted molar refractivity (Wildman–Crippen MR) is 81.1 cm³/mol. The van der Waals surface area contributed by atoms with E-state index in [4.69, 9.17) is 14.7 Å². The lowest BCUT2D eigenvalue weighted by atomic mass is 10.3. The Bertz CT molecular complexity index is 566. The molecule has 0 amide bonds. The topological polar surface area (TPSA) is 42.2 Å². The molecule has 2 rings (SSSR count). The first-order valence-corrected chi connectivity index (χ1v) is 7.34. The van der Waals surface area contributed by atoms with E-state index in [1.807, 2.05) is 60.0 Å². The predicted octanol–water partition coefficient (Wildman–Crippen LogP) is 4.46. The number of nitrogens with zero attached hydrogens (tertiary/aromatic N) is 1. The molecule has 0 aliphatic rings. The smallest absolute Gasteiger partial charge is 0.133 e. The van der Waals surface area contributed by atoms with Gasteiger partial charge in [0, 0.05) is 11.8 Å². The highest BCUT2D eigenvalue weighted by Crippen LogP contribution is 2.25. The van der Waals surface area contributed by atoms with Crippen molar-refractivity contribution >= 4 is 11.8 Å². The number of benzene rings is 2. The third-order valence-electron chi connectivity index (χ3n) is 2.51. The third-order valence-corrected chi connectivity index (χ3v) is 3.13. The Balaban J connectivity index is 1.86. The van der Waals surface area contributed by atoms with Gasteiger partial charge in [0.15, 0.2) is 0 Å². The van der Waals surface area contributed by atoms with E-state index in [0.717, 1.165) is 29.4 Å². The first-order valence-electron chi connectivity index (χ1n) is 6.35. The van der Waals surface area contributed by atoms with Gasteiger partial charge in [0.05, 0.1) is 6.61 Å². The van der Waals surface area contributed by atoms with Gasteiger partial charge >= 0.3 is 0 Å². The van der Waals surface area contributed by atoms with E-state index in [1.54, 1.807) is 0 Å². The van der Waals surface area contributed by atoms with Gasteiger partial charge in [-0.05, 0) is 42.4 Å². The van der Waals surface area contributed by atoms with Gasteiger partial charge in [0.25, 0.3) is 0 Å². The molecule has 4 heteroatoms. The Labute approximate surface area is 123 Å². The zero-order valence-electron chi connectivity index (χ0n) is 11.0. The molecule has 102 valence electrons. The standard InChI is InChI=1S/C16H15NO2S/c17-13-20-11-5-10-18-15-8-4-9-16(12-15)19-14-6-2-1-3-7-14/h1-4,6-9,12H,5,10-11H2. The van der Waals surface area contributed by atoms with Crippen molar-refractivity contribution in [3.63, 3.8) is 0 Å². The molecule has 0 heterocycles. The number of hydrogen-bond acceptors (Lipinski definition) is 4. The SMILES string of the molecule is N#CSCCCOc1cccc(Oc2ccccc2)c1. The fraction of sp³-hybridized carbons (Fsp3) is 0.188. The van der Waals surface area contributed by atoms with E-state index < -0.39 is 0 Å². The van der Waals surface area contributed by atoms with Crippen LogP contribution in [0.5, 0.6) is 17.2 Å². The highest BCUT2D eigenvalue weighted by Gasteiger charge is 1.99. The normalized spacial score (nSPS) is 9.75. The van der Waals surface area contributed by atoms with Gasteiger partial charge in [0.1, 0.15) is 22.6 Å². The summed E-state index contributed by atoms with van der Waals surface area (Å²) in [6.07, 6.45) is 0.849. The third kappa shape index (κ3) is 4.87. The molecule has 3 nitrogen and oxygen atoms in total. The van der Waals surface area contributed by atoms with E-state index in [0.29, 0.717) is 6.61 Å². The molecular formula is C16H15NO2S. The Morgan fingerprint density at radius 1 is 0.950 bits per heavy atom. The first-order chi connectivity index (χ1) is 9.88. The molecule has 0 atom stereocenters. The van der Waals surface area contributed by atoms with E-state index >= 15 is 0 Å². The summed E-state index contributed by atoms with van der Waals surface area (Å²) in [7, 11) is 0. The number of para-hydroxylation sites is 1. The van der Waals surface area contributed by atoms with E-state index in [2.05, 4.69) is 0 Å². The van der Waals surface area contributed by atoms with Crippen molar-refractivity contribution in [1.82, 2.24) is 0 Å². The maximum atomic E-state index is 8.41. The zero-order chi connectivity index (χ0) is 14.0. The summed E-state index contributed by atoms with van der Waals surface area (Å²) in [4.78, 5) is 0. The molecule has 0 bridgehead atoms. The molecule has 0 saturated heterocycles. The van der Waals surface area contributed by atoms with Gasteiger partial charge in [-0.15, -0.1) is 0 Å². The molecule has 0 N–H and O–H groups in total. The Morgan fingerprint density at radius 2 is 1.70 bits per heavy atom. The van der Waals surface area contributed by atoms with Gasteiger partial charge in [-0.25, -0.2) is 0 Å². The first kappa shape index (κ1) is 14.3. The number of thioether (sulfide) groups is 1. The second-order valence-electron chi connectivity index (χ2n) is 4.03. The van der Waals surface area contributed by atoms with Gasteiger partial charge in [-0.3, -0.25) is 0 Å². The fourth-order valence-corrected chi connectivity index (χ4v) is 1.97. The lowest BCUT2D eigenvalue weighted by Crippen LogP contribution is -1.98. The summed E-state index contributed by atoms with van der Waals surface area (Å²) in [6.45, 7) is 0.601. The van der Waals surface area contributed by atoms with Crippen LogP contribution in [0.2, 0.25) is 0 Å². The molecule has 0 fully saturated rings. The van der Waals surface area contributed by atoms with Crippen LogP contribution in [0.1, 0.15) is 6.42 Å². The molecule has 0 spiro atoms. The fourth-order valence-electron chi connectivity index (χ4n) is 1.62. The van der Waals surface area contributed by atoms with Crippen LogP contribution < -0.4 is 9.47 Å². The van der Waals surface area contributed by atoms with Crippen LogP contribution in [0.4, 0.5) is 0 Å². The summed E-state index contributed by atoms with van der Waals surface area (Å²) < 4.78 is 11.4. The van der Waals surface area contributed by atoms with Crippen molar-refractivity contribution in [2.45, 2.75) is 6.42 Å². The summed E-state index contributed by atoms with van der Waals surface area (Å²) in [6, 6.07) is 17.2. The zero-order valence-corrected chi connectivity index (χ0v) is 11.8. The maximum Gasteiger partial charge on any atom is 0.133 e. The van der Waals surface area contributed by atoms with Crippen molar-refractivity contribution in [1.29, 1.82) is 5.26 Å². The van der Waals surface area contributed by atoms with Gasteiger partial charge < -0.3 is 9.47 Å². The van der Waals surface area contributed by atoms with Crippen LogP contribution in [0.3, 0.4) is 0 Å². The Hall–Kier alpha value is -2.12. The van der Waals surface area contributed by atoms with Crippen molar-refractivity contribution in [2.75, 3.05) is 12.4 Å². The largest absolute Gasteiger partial charge is 0.493 e. The average Bonchev–Trinajstić information content (AvgIpc) is 2.48. The molecule has 0 aliphatic carbocycles. The summed E-state index contributed by atoms with van der Waals surface area (Å²) in [5, 5.41) is 10.5. The quantitative estimate of drug-likeness (QED) is 0.556. The lowest BCUT2D eigenvalue weighted by molar-refractivity contribution is 0.317. The minimum atomic E-state index is 0.601. The number of hydrogen-bond donors (Lipinski definition) is 0. The molecule has 2 aromatic carbocycles. The van der Waals surface area contributed by atoms with Crippen LogP contribution in [0.15, 0.2) is 54.6 Å². The lowest BCUT2D eigenvalue weighted by Gasteiger charge is -2.09. The second-order valence-corrected chi connectivity index (χ2v) is 4.91. The van der Waals surface area contributed by atoms with Crippen LogP contribution in [-0.2, 0) is 0 Å². The van der Waals surface area contributed by atoms with Crippen molar-refractivity contribution in [3.05, 3.63) is 54.6 Å². The van der Waals surface area contributed by atoms with Crippen LogP contribution in [0, 0.1) is 10.7 Å². The summed E-state index contributed by atoms with van der Waals surface area (Å²) in [5.74, 6) is 3.12. The molecule has 2 aromatic rings. The monoisotopic (exact) mass is 285 g/mol. The number of ether oxygens (including phenoxy) is 2. The minimum absolute atomic E-state index is 0.601.